The van der Waals surface area contributed by atoms with E-state index in [4.69, 9.17) is 0 Å². The number of nitrogens with zero attached hydrogens (tertiary/aromatic N) is 3. The number of para-hydroxylation sites is 1. The minimum Gasteiger partial charge on any atom is -0.329 e. The maximum Gasteiger partial charge on any atom is 0.259 e. The zero-order chi connectivity index (χ0) is 19.0. The predicted octanol–water partition coefficient (Wildman–Crippen LogP) is 4.33. The molecule has 0 radical (unpaired) electrons. The van der Waals surface area contributed by atoms with Crippen LogP contribution < -0.4 is 9.80 Å². The smallest absolute Gasteiger partial charge is 0.259 e. The second-order valence-corrected chi connectivity index (χ2v) is 6.39. The van der Waals surface area contributed by atoms with Gasteiger partial charge in [0.1, 0.15) is 17.5 Å². The minimum atomic E-state index is -0.691. The summed E-state index contributed by atoms with van der Waals surface area (Å²) in [7, 11) is 1.89. The molecular weight excluding hydrogens is 348 g/mol. The Balaban J connectivity index is 1.58. The molecule has 0 saturated heterocycles. The zero-order valence-corrected chi connectivity index (χ0v) is 14.7. The number of hydrogen-bond donors (Lipinski definition) is 0. The number of anilines is 3. The van der Waals surface area contributed by atoms with E-state index in [-0.39, 0.29) is 5.91 Å². The SMILES string of the molecule is CN(c1ccccc1)c1ccc(C(=O)N2CCc3c(F)cc(F)cc32)cn1. The Hall–Kier alpha value is -3.28. The molecule has 3 aromatic rings. The minimum absolute atomic E-state index is 0.294. The van der Waals surface area contributed by atoms with E-state index in [1.807, 2.05) is 42.3 Å². The van der Waals surface area contributed by atoms with Crippen molar-refractivity contribution in [2.45, 2.75) is 6.42 Å². The van der Waals surface area contributed by atoms with Crippen molar-refractivity contribution in [2.24, 2.45) is 0 Å². The van der Waals surface area contributed by atoms with Crippen LogP contribution >= 0.6 is 0 Å². The van der Waals surface area contributed by atoms with Gasteiger partial charge in [-0.1, -0.05) is 18.2 Å². The van der Waals surface area contributed by atoms with Gasteiger partial charge in [0.05, 0.1) is 11.3 Å². The normalized spacial score (nSPS) is 12.8. The predicted molar refractivity (Wildman–Crippen MR) is 100 cm³/mol. The molecule has 0 fully saturated rings. The average molecular weight is 365 g/mol. The van der Waals surface area contributed by atoms with E-state index < -0.39 is 11.6 Å². The summed E-state index contributed by atoms with van der Waals surface area (Å²) >= 11 is 0. The molecule has 1 amide bonds. The third kappa shape index (κ3) is 3.14. The lowest BCUT2D eigenvalue weighted by molar-refractivity contribution is 0.0989. The molecule has 0 N–H and O–H groups in total. The Bertz CT molecular complexity index is 990. The summed E-state index contributed by atoms with van der Waals surface area (Å²) in [6.07, 6.45) is 1.86. The molecule has 4 rings (SSSR count). The number of benzene rings is 2. The molecule has 6 heteroatoms. The van der Waals surface area contributed by atoms with Crippen LogP contribution in [0.15, 0.2) is 60.8 Å². The highest BCUT2D eigenvalue weighted by Gasteiger charge is 2.28. The van der Waals surface area contributed by atoms with Gasteiger partial charge in [-0.2, -0.15) is 0 Å². The lowest BCUT2D eigenvalue weighted by Gasteiger charge is -2.20. The molecule has 4 nitrogen and oxygen atoms in total. The van der Waals surface area contributed by atoms with Gasteiger partial charge in [-0.25, -0.2) is 13.8 Å². The van der Waals surface area contributed by atoms with Gasteiger partial charge >= 0.3 is 0 Å². The largest absolute Gasteiger partial charge is 0.329 e. The average Bonchev–Trinajstić information content (AvgIpc) is 3.12. The molecule has 2 heterocycles. The van der Waals surface area contributed by atoms with Crippen LogP contribution in [0.25, 0.3) is 0 Å². The van der Waals surface area contributed by atoms with Gasteiger partial charge in [0.25, 0.3) is 5.91 Å². The molecule has 1 aliphatic heterocycles. The Morgan fingerprint density at radius 2 is 1.89 bits per heavy atom. The molecule has 27 heavy (non-hydrogen) atoms. The Labute approximate surface area is 155 Å². The van der Waals surface area contributed by atoms with Crippen LogP contribution in [0.2, 0.25) is 0 Å². The Morgan fingerprint density at radius 3 is 2.59 bits per heavy atom. The monoisotopic (exact) mass is 365 g/mol. The van der Waals surface area contributed by atoms with Crippen molar-refractivity contribution in [3.63, 3.8) is 0 Å². The molecule has 0 bridgehead atoms. The van der Waals surface area contributed by atoms with Crippen LogP contribution in [0.5, 0.6) is 0 Å². The molecule has 0 saturated carbocycles. The second kappa shape index (κ2) is 6.79. The number of aromatic nitrogens is 1. The molecule has 2 aromatic carbocycles. The zero-order valence-electron chi connectivity index (χ0n) is 14.7. The van der Waals surface area contributed by atoms with E-state index in [0.717, 1.165) is 11.8 Å². The molecule has 1 aromatic heterocycles. The van der Waals surface area contributed by atoms with Crippen molar-refractivity contribution >= 4 is 23.1 Å². The first kappa shape index (κ1) is 17.1. The van der Waals surface area contributed by atoms with Crippen molar-refractivity contribution in [2.75, 3.05) is 23.4 Å². The van der Waals surface area contributed by atoms with Gasteiger partial charge in [0, 0.05) is 37.1 Å². The fraction of sp³-hybridized carbons (Fsp3) is 0.143. The summed E-state index contributed by atoms with van der Waals surface area (Å²) in [4.78, 5) is 20.5. The van der Waals surface area contributed by atoms with Crippen molar-refractivity contribution in [3.8, 4) is 0 Å². The molecular formula is C21H17F2N3O. The fourth-order valence-electron chi connectivity index (χ4n) is 3.28. The van der Waals surface area contributed by atoms with Crippen LogP contribution in [-0.2, 0) is 6.42 Å². The van der Waals surface area contributed by atoms with E-state index in [1.54, 1.807) is 12.1 Å². The first-order chi connectivity index (χ1) is 13.0. The summed E-state index contributed by atoms with van der Waals surface area (Å²) in [6.45, 7) is 0.320. The van der Waals surface area contributed by atoms with Crippen LogP contribution in [0.3, 0.4) is 0 Å². The number of amides is 1. The van der Waals surface area contributed by atoms with Crippen LogP contribution in [0, 0.1) is 11.6 Å². The topological polar surface area (TPSA) is 36.4 Å². The quantitative estimate of drug-likeness (QED) is 0.693. The van der Waals surface area contributed by atoms with Gasteiger partial charge < -0.3 is 9.80 Å². The number of fused-ring (bicyclic) bond motifs is 1. The highest BCUT2D eigenvalue weighted by molar-refractivity contribution is 6.07. The van der Waals surface area contributed by atoms with Crippen LogP contribution in [0.1, 0.15) is 15.9 Å². The summed E-state index contributed by atoms with van der Waals surface area (Å²) < 4.78 is 27.5. The van der Waals surface area contributed by atoms with Gasteiger partial charge in [0.2, 0.25) is 0 Å². The summed E-state index contributed by atoms with van der Waals surface area (Å²) in [5.74, 6) is -0.931. The third-order valence-corrected chi connectivity index (χ3v) is 4.74. The van der Waals surface area contributed by atoms with Crippen LogP contribution in [0.4, 0.5) is 26.0 Å². The van der Waals surface area contributed by atoms with E-state index in [2.05, 4.69) is 4.98 Å². The van der Waals surface area contributed by atoms with E-state index in [0.29, 0.717) is 35.6 Å². The summed E-state index contributed by atoms with van der Waals surface area (Å²) in [5.41, 5.74) is 2.02. The van der Waals surface area contributed by atoms with Gasteiger partial charge in [-0.3, -0.25) is 4.79 Å². The maximum atomic E-state index is 13.9. The van der Waals surface area contributed by atoms with E-state index in [9.17, 15) is 13.6 Å². The first-order valence-electron chi connectivity index (χ1n) is 8.59. The maximum absolute atomic E-state index is 13.9. The number of hydrogen-bond acceptors (Lipinski definition) is 3. The van der Waals surface area contributed by atoms with Crippen molar-refractivity contribution in [1.82, 2.24) is 4.98 Å². The molecule has 136 valence electrons. The number of halogens is 2. The fourth-order valence-corrected chi connectivity index (χ4v) is 3.28. The number of rotatable bonds is 3. The second-order valence-electron chi connectivity index (χ2n) is 6.39. The van der Waals surface area contributed by atoms with Crippen LogP contribution in [-0.4, -0.2) is 24.5 Å². The van der Waals surface area contributed by atoms with Gasteiger partial charge in [0.15, 0.2) is 0 Å². The Kier molecular flexibility index (Phi) is 4.32. The lowest BCUT2D eigenvalue weighted by Crippen LogP contribution is -2.29. The molecule has 1 aliphatic rings. The number of pyridine rings is 1. The highest BCUT2D eigenvalue weighted by atomic mass is 19.1. The molecule has 0 spiro atoms. The van der Waals surface area contributed by atoms with Gasteiger partial charge in [-0.05, 0) is 36.8 Å². The molecule has 0 unspecified atom stereocenters. The van der Waals surface area contributed by atoms with E-state index >= 15 is 0 Å². The number of carbonyl (C=O) groups is 1. The molecule has 0 aliphatic carbocycles. The standard InChI is InChI=1S/C21H17F2N3O/c1-25(16-5-3-2-4-6-16)20-8-7-14(13-24-20)21(27)26-10-9-17-18(23)11-15(22)12-19(17)26/h2-8,11-13H,9-10H2,1H3. The lowest BCUT2D eigenvalue weighted by atomic mass is 10.1. The van der Waals surface area contributed by atoms with Gasteiger partial charge in [-0.15, -0.1) is 0 Å². The number of carbonyl (C=O) groups excluding carboxylic acids is 1. The summed E-state index contributed by atoms with van der Waals surface area (Å²) in [5, 5.41) is 0. The van der Waals surface area contributed by atoms with Crippen molar-refractivity contribution in [1.29, 1.82) is 0 Å². The van der Waals surface area contributed by atoms with E-state index in [1.165, 1.54) is 17.2 Å². The Morgan fingerprint density at radius 1 is 1.11 bits per heavy atom. The first-order valence-corrected chi connectivity index (χ1v) is 8.59. The molecule has 0 atom stereocenters. The van der Waals surface area contributed by atoms with Crippen molar-refractivity contribution in [3.05, 3.63) is 83.6 Å². The highest BCUT2D eigenvalue weighted by Crippen LogP contribution is 2.32. The summed E-state index contributed by atoms with van der Waals surface area (Å²) in [6, 6.07) is 15.2. The van der Waals surface area contributed by atoms with Crippen molar-refractivity contribution < 1.29 is 13.6 Å². The third-order valence-electron chi connectivity index (χ3n) is 4.74.